The van der Waals surface area contributed by atoms with E-state index in [0.29, 0.717) is 38.1 Å². The summed E-state index contributed by atoms with van der Waals surface area (Å²) in [5.74, 6) is 1.92. The fourth-order valence-electron chi connectivity index (χ4n) is 4.49. The van der Waals surface area contributed by atoms with Gasteiger partial charge in [0.25, 0.3) is 0 Å². The molecule has 0 radical (unpaired) electrons. The van der Waals surface area contributed by atoms with Crippen molar-refractivity contribution in [2.45, 2.75) is 27.4 Å². The van der Waals surface area contributed by atoms with E-state index in [9.17, 15) is 4.79 Å². The molecule has 0 spiro atoms. The second-order valence-corrected chi connectivity index (χ2v) is 10.5. The molecule has 2 saturated heterocycles. The van der Waals surface area contributed by atoms with E-state index in [1.165, 1.54) is 0 Å². The Hall–Kier alpha value is -3.50. The van der Waals surface area contributed by atoms with Crippen molar-refractivity contribution in [3.63, 3.8) is 0 Å². The summed E-state index contributed by atoms with van der Waals surface area (Å²) in [6.45, 7) is 11.2. The van der Waals surface area contributed by atoms with Crippen molar-refractivity contribution >= 4 is 28.6 Å². The highest BCUT2D eigenvalue weighted by Crippen LogP contribution is 2.33. The number of rotatable bonds is 6. The molecule has 3 aromatic rings. The van der Waals surface area contributed by atoms with Gasteiger partial charge in [-0.1, -0.05) is 0 Å². The Kier molecular flexibility index (Phi) is 7.62. The van der Waals surface area contributed by atoms with Crippen LogP contribution in [0.15, 0.2) is 30.5 Å². The van der Waals surface area contributed by atoms with Crippen LogP contribution in [0.4, 0.5) is 11.8 Å². The van der Waals surface area contributed by atoms with Crippen molar-refractivity contribution in [1.82, 2.24) is 15.0 Å². The van der Waals surface area contributed by atoms with Crippen molar-refractivity contribution in [1.29, 1.82) is 0 Å². The number of pyridine rings is 1. The van der Waals surface area contributed by atoms with Crippen LogP contribution in [0.1, 0.15) is 26.3 Å². The molecule has 0 saturated carbocycles. The Balaban J connectivity index is 1.55. The van der Waals surface area contributed by atoms with Gasteiger partial charge in [-0.25, -0.2) is 15.0 Å². The predicted octanol–water partition coefficient (Wildman–Crippen LogP) is 3.46. The van der Waals surface area contributed by atoms with Gasteiger partial charge in [-0.05, 0) is 45.0 Å². The molecular weight excluding hydrogens is 486 g/mol. The summed E-state index contributed by atoms with van der Waals surface area (Å²) in [4.78, 5) is 31.5. The highest BCUT2D eigenvalue weighted by Gasteiger charge is 2.24. The summed E-state index contributed by atoms with van der Waals surface area (Å²) in [5.41, 5.74) is 2.67. The summed E-state index contributed by atoms with van der Waals surface area (Å²) in [6, 6.07) is 7.82. The van der Waals surface area contributed by atoms with Crippen LogP contribution >= 0.6 is 0 Å². The molecule has 202 valence electrons. The number of methoxy groups -OCH3 is 1. The fourth-order valence-corrected chi connectivity index (χ4v) is 4.49. The first-order chi connectivity index (χ1) is 18.3. The lowest BCUT2D eigenvalue weighted by Crippen LogP contribution is -2.37. The van der Waals surface area contributed by atoms with Gasteiger partial charge in [0.05, 0.1) is 55.5 Å². The number of benzene rings is 1. The van der Waals surface area contributed by atoms with E-state index >= 15 is 0 Å². The van der Waals surface area contributed by atoms with Crippen LogP contribution in [0.2, 0.25) is 0 Å². The van der Waals surface area contributed by atoms with Crippen molar-refractivity contribution in [2.75, 3.05) is 69.5 Å². The molecule has 2 aliphatic heterocycles. The van der Waals surface area contributed by atoms with Crippen molar-refractivity contribution < 1.29 is 23.7 Å². The SMILES string of the molecule is COc1ccc(-c2cc3nc(N4CCOCC4)ncc3c(N3CCOCC3)n2)cc1COC(=O)C(C)(C)C. The number of fused-ring (bicyclic) bond motifs is 1. The minimum absolute atomic E-state index is 0.111. The van der Waals surface area contributed by atoms with E-state index in [1.807, 2.05) is 51.2 Å². The quantitative estimate of drug-likeness (QED) is 0.449. The number of carbonyl (C=O) groups excluding carboxylic acids is 1. The normalized spacial score (nSPS) is 16.5. The maximum atomic E-state index is 12.4. The van der Waals surface area contributed by atoms with Crippen molar-refractivity contribution in [3.05, 3.63) is 36.0 Å². The largest absolute Gasteiger partial charge is 0.496 e. The molecule has 2 aliphatic rings. The zero-order valence-corrected chi connectivity index (χ0v) is 22.5. The molecule has 10 heteroatoms. The third-order valence-electron chi connectivity index (χ3n) is 6.70. The molecule has 2 fully saturated rings. The van der Waals surface area contributed by atoms with Gasteiger partial charge >= 0.3 is 5.97 Å². The summed E-state index contributed by atoms with van der Waals surface area (Å²) >= 11 is 0. The maximum absolute atomic E-state index is 12.4. The second-order valence-electron chi connectivity index (χ2n) is 10.5. The lowest BCUT2D eigenvalue weighted by atomic mass is 9.97. The lowest BCUT2D eigenvalue weighted by Gasteiger charge is -2.30. The van der Waals surface area contributed by atoms with Crippen LogP contribution in [-0.2, 0) is 25.6 Å². The Morgan fingerprint density at radius 2 is 1.66 bits per heavy atom. The molecule has 0 aliphatic carbocycles. The van der Waals surface area contributed by atoms with Gasteiger partial charge < -0.3 is 28.7 Å². The number of esters is 1. The van der Waals surface area contributed by atoms with Crippen LogP contribution in [-0.4, -0.2) is 80.6 Å². The van der Waals surface area contributed by atoms with Gasteiger partial charge in [-0.15, -0.1) is 0 Å². The highest BCUT2D eigenvalue weighted by molar-refractivity contribution is 5.92. The average Bonchev–Trinajstić information content (AvgIpc) is 2.95. The van der Waals surface area contributed by atoms with Crippen LogP contribution in [0.25, 0.3) is 22.2 Å². The van der Waals surface area contributed by atoms with Crippen LogP contribution in [0, 0.1) is 5.41 Å². The van der Waals surface area contributed by atoms with Crippen molar-refractivity contribution in [3.8, 4) is 17.0 Å². The number of carbonyl (C=O) groups is 1. The van der Waals surface area contributed by atoms with E-state index < -0.39 is 5.41 Å². The van der Waals surface area contributed by atoms with E-state index in [0.717, 1.165) is 59.7 Å². The van der Waals surface area contributed by atoms with E-state index in [1.54, 1.807) is 7.11 Å². The van der Waals surface area contributed by atoms with Gasteiger partial charge in [0, 0.05) is 43.5 Å². The molecule has 0 N–H and O–H groups in total. The number of anilines is 2. The van der Waals surface area contributed by atoms with Crippen LogP contribution < -0.4 is 14.5 Å². The first-order valence-corrected chi connectivity index (χ1v) is 13.0. The third-order valence-corrected chi connectivity index (χ3v) is 6.70. The topological polar surface area (TPSA) is 99.1 Å². The van der Waals surface area contributed by atoms with E-state index in [-0.39, 0.29) is 12.6 Å². The summed E-state index contributed by atoms with van der Waals surface area (Å²) in [7, 11) is 1.61. The molecule has 0 unspecified atom stereocenters. The number of aromatic nitrogens is 3. The summed E-state index contributed by atoms with van der Waals surface area (Å²) in [6.07, 6.45) is 1.88. The smallest absolute Gasteiger partial charge is 0.311 e. The monoisotopic (exact) mass is 521 g/mol. The van der Waals surface area contributed by atoms with Gasteiger partial charge in [0.15, 0.2) is 0 Å². The molecule has 0 bridgehead atoms. The maximum Gasteiger partial charge on any atom is 0.311 e. The van der Waals surface area contributed by atoms with Crippen LogP contribution in [0.3, 0.4) is 0 Å². The molecule has 0 amide bonds. The first kappa shape index (κ1) is 26.1. The second kappa shape index (κ2) is 11.1. The van der Waals surface area contributed by atoms with Gasteiger partial charge in [0.2, 0.25) is 5.95 Å². The lowest BCUT2D eigenvalue weighted by molar-refractivity contribution is -0.154. The van der Waals surface area contributed by atoms with Crippen LogP contribution in [0.5, 0.6) is 5.75 Å². The minimum Gasteiger partial charge on any atom is -0.496 e. The predicted molar refractivity (Wildman–Crippen MR) is 145 cm³/mol. The molecule has 0 atom stereocenters. The standard InChI is InChI=1S/C28H35N5O5/c1-28(2,3)26(34)38-18-20-15-19(5-6-24(20)35-4)22-16-23-21(25(30-22)32-7-11-36-12-8-32)17-29-27(31-23)33-9-13-37-14-10-33/h5-6,15-17H,7-14,18H2,1-4H3. The molecule has 38 heavy (non-hydrogen) atoms. The van der Waals surface area contributed by atoms with Gasteiger partial charge in [-0.3, -0.25) is 4.79 Å². The minimum atomic E-state index is -0.588. The summed E-state index contributed by atoms with van der Waals surface area (Å²) < 4.78 is 22.2. The van der Waals surface area contributed by atoms with Crippen molar-refractivity contribution in [2.24, 2.45) is 5.41 Å². The zero-order chi connectivity index (χ0) is 26.7. The van der Waals surface area contributed by atoms with Gasteiger partial charge in [-0.2, -0.15) is 0 Å². The molecule has 4 heterocycles. The number of hydrogen-bond acceptors (Lipinski definition) is 10. The Morgan fingerprint density at radius 1 is 0.974 bits per heavy atom. The Bertz CT molecular complexity index is 1300. The molecule has 1 aromatic carbocycles. The fraction of sp³-hybridized carbons (Fsp3) is 0.500. The Morgan fingerprint density at radius 3 is 2.32 bits per heavy atom. The molecule has 10 nitrogen and oxygen atoms in total. The number of hydrogen-bond donors (Lipinski definition) is 0. The number of nitrogens with zero attached hydrogens (tertiary/aromatic N) is 5. The van der Waals surface area contributed by atoms with Gasteiger partial charge in [0.1, 0.15) is 18.2 Å². The number of ether oxygens (including phenoxy) is 4. The first-order valence-electron chi connectivity index (χ1n) is 13.0. The third kappa shape index (κ3) is 5.66. The highest BCUT2D eigenvalue weighted by atomic mass is 16.5. The zero-order valence-electron chi connectivity index (χ0n) is 22.5. The molecule has 2 aromatic heterocycles. The number of morpholine rings is 2. The van der Waals surface area contributed by atoms with E-state index in [2.05, 4.69) is 14.8 Å². The summed E-state index contributed by atoms with van der Waals surface area (Å²) in [5, 5.41) is 0.903. The Labute approximate surface area is 222 Å². The van der Waals surface area contributed by atoms with E-state index in [4.69, 9.17) is 28.9 Å². The average molecular weight is 522 g/mol. The molecular formula is C28H35N5O5. The molecule has 5 rings (SSSR count).